The predicted octanol–water partition coefficient (Wildman–Crippen LogP) is 2.85. The maximum absolute atomic E-state index is 13.1. The molecular weight excluding hydrogens is 305 g/mol. The van der Waals surface area contributed by atoms with Crippen LogP contribution in [-0.2, 0) is 11.2 Å². The molecule has 1 aromatic carbocycles. The van der Waals surface area contributed by atoms with Crippen LogP contribution in [-0.4, -0.2) is 5.91 Å². The lowest BCUT2D eigenvalue weighted by Gasteiger charge is -2.04. The average molecular weight is 309 g/mol. The molecule has 1 aliphatic heterocycles. The number of halogens is 3. The normalized spacial score (nSPS) is 14.2. The summed E-state index contributed by atoms with van der Waals surface area (Å²) < 4.78 is 14.1. The first-order valence-electron chi connectivity index (χ1n) is 3.56. The number of rotatable bonds is 0. The van der Waals surface area contributed by atoms with Gasteiger partial charge in [0.15, 0.2) is 0 Å². The SMILES string of the molecule is O=C1Cc2c(Br)cc(F)c(Br)c2N1. The van der Waals surface area contributed by atoms with Gasteiger partial charge in [-0.3, -0.25) is 4.79 Å². The van der Waals surface area contributed by atoms with Crippen LogP contribution in [0.15, 0.2) is 15.0 Å². The summed E-state index contributed by atoms with van der Waals surface area (Å²) in [6.45, 7) is 0. The molecule has 0 saturated carbocycles. The van der Waals surface area contributed by atoms with Crippen molar-refractivity contribution in [3.8, 4) is 0 Å². The van der Waals surface area contributed by atoms with E-state index >= 15 is 0 Å². The molecule has 5 heteroatoms. The largest absolute Gasteiger partial charge is 0.324 e. The van der Waals surface area contributed by atoms with Gasteiger partial charge in [0.1, 0.15) is 5.82 Å². The Morgan fingerprint density at radius 2 is 2.15 bits per heavy atom. The van der Waals surface area contributed by atoms with Gasteiger partial charge in [-0.25, -0.2) is 4.39 Å². The topological polar surface area (TPSA) is 29.1 Å². The minimum Gasteiger partial charge on any atom is -0.324 e. The van der Waals surface area contributed by atoms with Crippen molar-refractivity contribution in [1.29, 1.82) is 0 Å². The van der Waals surface area contributed by atoms with Crippen LogP contribution in [0.1, 0.15) is 5.56 Å². The second-order valence-corrected chi connectivity index (χ2v) is 4.38. The smallest absolute Gasteiger partial charge is 0.228 e. The summed E-state index contributed by atoms with van der Waals surface area (Å²) in [5, 5.41) is 2.59. The summed E-state index contributed by atoms with van der Waals surface area (Å²) >= 11 is 6.29. The molecule has 0 aromatic heterocycles. The molecule has 68 valence electrons. The highest BCUT2D eigenvalue weighted by Crippen LogP contribution is 2.38. The highest BCUT2D eigenvalue weighted by molar-refractivity contribution is 9.11. The number of amides is 1. The summed E-state index contributed by atoms with van der Waals surface area (Å²) in [6, 6.07) is 1.35. The molecule has 2 rings (SSSR count). The van der Waals surface area contributed by atoms with Gasteiger partial charge in [0.2, 0.25) is 5.91 Å². The Morgan fingerprint density at radius 3 is 2.85 bits per heavy atom. The molecule has 1 aliphatic rings. The number of benzene rings is 1. The van der Waals surface area contributed by atoms with Gasteiger partial charge in [-0.05, 0) is 22.0 Å². The van der Waals surface area contributed by atoms with Gasteiger partial charge in [-0.2, -0.15) is 0 Å². The van der Waals surface area contributed by atoms with Crippen LogP contribution in [0.25, 0.3) is 0 Å². The van der Waals surface area contributed by atoms with Crippen LogP contribution in [0.4, 0.5) is 10.1 Å². The Labute approximate surface area is 90.8 Å². The number of carbonyl (C=O) groups excluding carboxylic acids is 1. The zero-order chi connectivity index (χ0) is 9.59. The van der Waals surface area contributed by atoms with Gasteiger partial charge in [0.25, 0.3) is 0 Å². The minimum absolute atomic E-state index is 0.109. The van der Waals surface area contributed by atoms with Crippen molar-refractivity contribution in [2.45, 2.75) is 6.42 Å². The maximum Gasteiger partial charge on any atom is 0.228 e. The van der Waals surface area contributed by atoms with E-state index in [1.54, 1.807) is 0 Å². The standard InChI is InChI=1S/C8H4Br2FNO/c9-4-2-5(11)7(10)8-3(4)1-6(13)12-8/h2H,1H2,(H,12,13). The van der Waals surface area contributed by atoms with E-state index in [1.165, 1.54) is 6.07 Å². The van der Waals surface area contributed by atoms with E-state index in [4.69, 9.17) is 0 Å². The summed E-state index contributed by atoms with van der Waals surface area (Å²) in [6.07, 6.45) is 0.300. The third kappa shape index (κ3) is 1.40. The summed E-state index contributed by atoms with van der Waals surface area (Å²) in [5.41, 5.74) is 1.34. The molecule has 1 amide bonds. The molecule has 0 atom stereocenters. The number of carbonyl (C=O) groups is 1. The van der Waals surface area contributed by atoms with Crippen molar-refractivity contribution >= 4 is 43.5 Å². The molecular formula is C8H4Br2FNO. The molecule has 0 unspecified atom stereocenters. The fourth-order valence-corrected chi connectivity index (χ4v) is 2.27. The van der Waals surface area contributed by atoms with Crippen molar-refractivity contribution in [1.82, 2.24) is 0 Å². The molecule has 0 aliphatic carbocycles. The number of hydrogen-bond acceptors (Lipinski definition) is 1. The minimum atomic E-state index is -0.382. The molecule has 2 nitrogen and oxygen atoms in total. The van der Waals surface area contributed by atoms with Crippen LogP contribution in [0, 0.1) is 5.82 Å². The van der Waals surface area contributed by atoms with Gasteiger partial charge < -0.3 is 5.32 Å². The van der Waals surface area contributed by atoms with Gasteiger partial charge in [-0.15, -0.1) is 0 Å². The first kappa shape index (κ1) is 9.15. The third-order valence-corrected chi connectivity index (χ3v) is 3.36. The lowest BCUT2D eigenvalue weighted by atomic mass is 10.2. The van der Waals surface area contributed by atoms with Gasteiger partial charge >= 0.3 is 0 Å². The second-order valence-electron chi connectivity index (χ2n) is 2.73. The van der Waals surface area contributed by atoms with E-state index in [1.807, 2.05) is 0 Å². The quantitative estimate of drug-likeness (QED) is 0.734. The van der Waals surface area contributed by atoms with Crippen LogP contribution >= 0.6 is 31.9 Å². The Bertz CT molecular complexity index is 406. The van der Waals surface area contributed by atoms with Crippen molar-refractivity contribution in [3.05, 3.63) is 26.4 Å². The van der Waals surface area contributed by atoms with E-state index in [0.717, 1.165) is 5.56 Å². The molecule has 1 aromatic rings. The predicted molar refractivity (Wildman–Crippen MR) is 54.1 cm³/mol. The zero-order valence-electron chi connectivity index (χ0n) is 6.33. The molecule has 13 heavy (non-hydrogen) atoms. The summed E-state index contributed by atoms with van der Waals surface area (Å²) in [7, 11) is 0. The van der Waals surface area contributed by atoms with Crippen molar-refractivity contribution in [2.75, 3.05) is 5.32 Å². The number of nitrogens with one attached hydrogen (secondary N) is 1. The molecule has 0 spiro atoms. The molecule has 1 heterocycles. The Hall–Kier alpha value is -0.420. The lowest BCUT2D eigenvalue weighted by Crippen LogP contribution is -2.04. The second kappa shape index (κ2) is 3.06. The third-order valence-electron chi connectivity index (χ3n) is 1.87. The lowest BCUT2D eigenvalue weighted by molar-refractivity contribution is -0.115. The van der Waals surface area contributed by atoms with Gasteiger partial charge in [-0.1, -0.05) is 15.9 Å². The fraction of sp³-hybridized carbons (Fsp3) is 0.125. The first-order chi connectivity index (χ1) is 6.09. The van der Waals surface area contributed by atoms with Crippen LogP contribution in [0.2, 0.25) is 0 Å². The van der Waals surface area contributed by atoms with E-state index in [2.05, 4.69) is 37.2 Å². The average Bonchev–Trinajstić information content (AvgIpc) is 2.44. The summed E-state index contributed by atoms with van der Waals surface area (Å²) in [5.74, 6) is -0.491. The van der Waals surface area contributed by atoms with E-state index in [0.29, 0.717) is 21.1 Å². The Balaban J connectivity index is 2.69. The van der Waals surface area contributed by atoms with Crippen LogP contribution in [0.3, 0.4) is 0 Å². The Morgan fingerprint density at radius 1 is 1.46 bits per heavy atom. The first-order valence-corrected chi connectivity index (χ1v) is 5.14. The van der Waals surface area contributed by atoms with E-state index in [9.17, 15) is 9.18 Å². The molecule has 0 bridgehead atoms. The zero-order valence-corrected chi connectivity index (χ0v) is 9.50. The molecule has 1 N–H and O–H groups in total. The highest BCUT2D eigenvalue weighted by atomic mass is 79.9. The van der Waals surface area contributed by atoms with Crippen LogP contribution in [0.5, 0.6) is 0 Å². The molecule has 0 saturated heterocycles. The van der Waals surface area contributed by atoms with Crippen molar-refractivity contribution < 1.29 is 9.18 Å². The highest BCUT2D eigenvalue weighted by Gasteiger charge is 2.24. The monoisotopic (exact) mass is 307 g/mol. The van der Waals surface area contributed by atoms with Crippen molar-refractivity contribution in [3.63, 3.8) is 0 Å². The number of hydrogen-bond donors (Lipinski definition) is 1. The fourth-order valence-electron chi connectivity index (χ4n) is 1.28. The Kier molecular flexibility index (Phi) is 2.15. The summed E-state index contributed by atoms with van der Waals surface area (Å²) in [4.78, 5) is 11.0. The maximum atomic E-state index is 13.1. The van der Waals surface area contributed by atoms with Crippen molar-refractivity contribution in [2.24, 2.45) is 0 Å². The van der Waals surface area contributed by atoms with Gasteiger partial charge in [0, 0.05) is 10.0 Å². The van der Waals surface area contributed by atoms with E-state index < -0.39 is 0 Å². The van der Waals surface area contributed by atoms with Crippen LogP contribution < -0.4 is 5.32 Å². The van der Waals surface area contributed by atoms with Gasteiger partial charge in [0.05, 0.1) is 16.6 Å². The molecule has 0 fully saturated rings. The number of anilines is 1. The van der Waals surface area contributed by atoms with E-state index in [-0.39, 0.29) is 11.7 Å². The number of fused-ring (bicyclic) bond motifs is 1. The molecule has 0 radical (unpaired) electrons.